The number of ether oxygens (including phenoxy) is 1. The lowest BCUT2D eigenvalue weighted by Crippen LogP contribution is -2.21. The standard InChI is InChI=1S/C11H15N7O3/c1-3-21-11(20)14-9-5-12-18(17-9)6-10(19)13-8-4-7(2)15-16-8/h4-5H,3,6H2,1-2H3,(H,14,17,20)(H2,13,15,16,19). The molecule has 0 fully saturated rings. The van der Waals surface area contributed by atoms with E-state index in [4.69, 9.17) is 4.74 Å². The minimum atomic E-state index is -0.624. The van der Waals surface area contributed by atoms with Gasteiger partial charge in [-0.3, -0.25) is 15.2 Å². The summed E-state index contributed by atoms with van der Waals surface area (Å²) >= 11 is 0. The second kappa shape index (κ2) is 6.50. The summed E-state index contributed by atoms with van der Waals surface area (Å²) in [5, 5.41) is 19.4. The zero-order valence-corrected chi connectivity index (χ0v) is 11.6. The molecule has 112 valence electrons. The second-order valence-electron chi connectivity index (χ2n) is 4.09. The number of carbonyl (C=O) groups excluding carboxylic acids is 2. The fourth-order valence-corrected chi connectivity index (χ4v) is 1.50. The summed E-state index contributed by atoms with van der Waals surface area (Å²) in [5.74, 6) is 0.297. The third-order valence-corrected chi connectivity index (χ3v) is 2.30. The smallest absolute Gasteiger partial charge is 0.412 e. The summed E-state index contributed by atoms with van der Waals surface area (Å²) in [6.45, 7) is 3.67. The molecule has 0 aliphatic rings. The van der Waals surface area contributed by atoms with Crippen LogP contribution < -0.4 is 10.6 Å². The Morgan fingerprint density at radius 2 is 2.19 bits per heavy atom. The first-order chi connectivity index (χ1) is 10.1. The number of nitrogens with one attached hydrogen (secondary N) is 3. The first kappa shape index (κ1) is 14.5. The topological polar surface area (TPSA) is 127 Å². The fraction of sp³-hybridized carbons (Fsp3) is 0.364. The highest BCUT2D eigenvalue weighted by Crippen LogP contribution is 2.04. The Morgan fingerprint density at radius 3 is 2.86 bits per heavy atom. The molecule has 2 aromatic rings. The highest BCUT2D eigenvalue weighted by molar-refractivity contribution is 5.89. The van der Waals surface area contributed by atoms with Gasteiger partial charge in [0.2, 0.25) is 5.91 Å². The van der Waals surface area contributed by atoms with Gasteiger partial charge >= 0.3 is 6.09 Å². The molecular weight excluding hydrogens is 278 g/mol. The number of amides is 2. The molecule has 21 heavy (non-hydrogen) atoms. The summed E-state index contributed by atoms with van der Waals surface area (Å²) in [4.78, 5) is 24.1. The maximum Gasteiger partial charge on any atom is 0.412 e. The van der Waals surface area contributed by atoms with Crippen LogP contribution >= 0.6 is 0 Å². The van der Waals surface area contributed by atoms with Crippen molar-refractivity contribution in [3.05, 3.63) is 18.0 Å². The van der Waals surface area contributed by atoms with Crippen molar-refractivity contribution in [2.24, 2.45) is 0 Å². The largest absolute Gasteiger partial charge is 0.450 e. The van der Waals surface area contributed by atoms with E-state index in [0.29, 0.717) is 5.82 Å². The lowest BCUT2D eigenvalue weighted by molar-refractivity contribution is -0.117. The van der Waals surface area contributed by atoms with Gasteiger partial charge in [-0.2, -0.15) is 15.0 Å². The zero-order valence-electron chi connectivity index (χ0n) is 11.6. The van der Waals surface area contributed by atoms with Crippen molar-refractivity contribution in [2.75, 3.05) is 17.2 Å². The molecule has 2 aromatic heterocycles. The molecule has 3 N–H and O–H groups in total. The maximum atomic E-state index is 11.7. The third kappa shape index (κ3) is 4.30. The Morgan fingerprint density at radius 1 is 1.38 bits per heavy atom. The molecule has 0 saturated heterocycles. The van der Waals surface area contributed by atoms with Gasteiger partial charge in [0.05, 0.1) is 12.8 Å². The summed E-state index contributed by atoms with van der Waals surface area (Å²) in [6.07, 6.45) is 0.698. The number of hydrogen-bond donors (Lipinski definition) is 3. The molecule has 10 heteroatoms. The lowest BCUT2D eigenvalue weighted by Gasteiger charge is -2.01. The van der Waals surface area contributed by atoms with Crippen LogP contribution in [0.5, 0.6) is 0 Å². The van der Waals surface area contributed by atoms with Gasteiger partial charge in [-0.15, -0.1) is 5.10 Å². The molecule has 10 nitrogen and oxygen atoms in total. The highest BCUT2D eigenvalue weighted by atomic mass is 16.5. The van der Waals surface area contributed by atoms with Gasteiger partial charge < -0.3 is 10.1 Å². The fourth-order valence-electron chi connectivity index (χ4n) is 1.50. The van der Waals surface area contributed by atoms with Crippen LogP contribution in [0.1, 0.15) is 12.6 Å². The van der Waals surface area contributed by atoms with E-state index >= 15 is 0 Å². The molecule has 0 aromatic carbocycles. The van der Waals surface area contributed by atoms with Gasteiger partial charge in [-0.05, 0) is 13.8 Å². The van der Waals surface area contributed by atoms with Crippen LogP contribution in [0.3, 0.4) is 0 Å². The monoisotopic (exact) mass is 293 g/mol. The van der Waals surface area contributed by atoms with Gasteiger partial charge in [0.25, 0.3) is 0 Å². The Hall–Kier alpha value is -2.91. The van der Waals surface area contributed by atoms with Crippen molar-refractivity contribution in [1.82, 2.24) is 25.2 Å². The van der Waals surface area contributed by atoms with E-state index in [1.54, 1.807) is 13.0 Å². The third-order valence-electron chi connectivity index (χ3n) is 2.30. The molecule has 0 unspecified atom stereocenters. The molecular formula is C11H15N7O3. The van der Waals surface area contributed by atoms with Crippen molar-refractivity contribution in [3.63, 3.8) is 0 Å². The van der Waals surface area contributed by atoms with Gasteiger partial charge in [-0.25, -0.2) is 4.79 Å². The number of aryl methyl sites for hydroxylation is 1. The molecule has 0 spiro atoms. The lowest BCUT2D eigenvalue weighted by atomic mass is 10.4. The number of nitrogens with zero attached hydrogens (tertiary/aromatic N) is 4. The van der Waals surface area contributed by atoms with Gasteiger partial charge in [-0.1, -0.05) is 0 Å². The molecule has 0 bridgehead atoms. The van der Waals surface area contributed by atoms with Crippen LogP contribution in [-0.2, 0) is 16.1 Å². The predicted octanol–water partition coefficient (Wildman–Crippen LogP) is 0.517. The van der Waals surface area contributed by atoms with E-state index in [0.717, 1.165) is 10.5 Å². The summed E-state index contributed by atoms with van der Waals surface area (Å²) in [7, 11) is 0. The predicted molar refractivity (Wildman–Crippen MR) is 72.6 cm³/mol. The average molecular weight is 293 g/mol. The van der Waals surface area contributed by atoms with E-state index < -0.39 is 6.09 Å². The molecule has 0 aliphatic carbocycles. The van der Waals surface area contributed by atoms with Crippen LogP contribution in [0.25, 0.3) is 0 Å². The second-order valence-corrected chi connectivity index (χ2v) is 4.09. The molecule has 2 rings (SSSR count). The zero-order chi connectivity index (χ0) is 15.2. The summed E-state index contributed by atoms with van der Waals surface area (Å²) in [6, 6.07) is 1.70. The average Bonchev–Trinajstić information content (AvgIpc) is 2.99. The Bertz CT molecular complexity index is 633. The number of rotatable bonds is 5. The molecule has 2 heterocycles. The van der Waals surface area contributed by atoms with Crippen LogP contribution in [0.4, 0.5) is 16.4 Å². The van der Waals surface area contributed by atoms with E-state index in [-0.39, 0.29) is 24.9 Å². The van der Waals surface area contributed by atoms with E-state index in [2.05, 4.69) is 31.0 Å². The summed E-state index contributed by atoms with van der Waals surface area (Å²) < 4.78 is 4.70. The van der Waals surface area contributed by atoms with Crippen molar-refractivity contribution >= 4 is 23.6 Å². The molecule has 0 saturated carbocycles. The van der Waals surface area contributed by atoms with E-state index in [1.807, 2.05) is 6.92 Å². The van der Waals surface area contributed by atoms with Crippen molar-refractivity contribution in [2.45, 2.75) is 20.4 Å². The van der Waals surface area contributed by atoms with Crippen LogP contribution in [0.2, 0.25) is 0 Å². The van der Waals surface area contributed by atoms with Gasteiger partial charge in [0, 0.05) is 11.8 Å². The SMILES string of the molecule is CCOC(=O)Nc1cnn(CC(=O)Nc2cc(C)[nH]n2)n1. The van der Waals surface area contributed by atoms with Crippen molar-refractivity contribution in [1.29, 1.82) is 0 Å². The molecule has 0 aliphatic heterocycles. The molecule has 0 atom stereocenters. The van der Waals surface area contributed by atoms with Crippen LogP contribution in [0, 0.1) is 6.92 Å². The Kier molecular flexibility index (Phi) is 4.49. The van der Waals surface area contributed by atoms with E-state index in [9.17, 15) is 9.59 Å². The number of aromatic amines is 1. The minimum Gasteiger partial charge on any atom is -0.450 e. The Labute approximate surface area is 119 Å². The number of carbonyl (C=O) groups is 2. The van der Waals surface area contributed by atoms with Crippen molar-refractivity contribution < 1.29 is 14.3 Å². The highest BCUT2D eigenvalue weighted by Gasteiger charge is 2.10. The number of hydrogen-bond acceptors (Lipinski definition) is 6. The first-order valence-corrected chi connectivity index (χ1v) is 6.22. The van der Waals surface area contributed by atoms with Gasteiger partial charge in [0.1, 0.15) is 6.54 Å². The molecule has 0 radical (unpaired) electrons. The van der Waals surface area contributed by atoms with Crippen molar-refractivity contribution in [3.8, 4) is 0 Å². The molecule has 2 amide bonds. The van der Waals surface area contributed by atoms with Crippen LogP contribution in [0.15, 0.2) is 12.3 Å². The maximum absolute atomic E-state index is 11.7. The number of anilines is 2. The quantitative estimate of drug-likeness (QED) is 0.737. The normalized spacial score (nSPS) is 10.2. The number of H-pyrrole nitrogens is 1. The van der Waals surface area contributed by atoms with Crippen LogP contribution in [-0.4, -0.2) is 43.8 Å². The van der Waals surface area contributed by atoms with Gasteiger partial charge in [0.15, 0.2) is 11.6 Å². The van der Waals surface area contributed by atoms with E-state index in [1.165, 1.54) is 6.20 Å². The number of aromatic nitrogens is 5. The summed E-state index contributed by atoms with van der Waals surface area (Å²) in [5.41, 5.74) is 0.837. The first-order valence-electron chi connectivity index (χ1n) is 6.22. The minimum absolute atomic E-state index is 0.101. The Balaban J connectivity index is 1.87.